The number of benzene rings is 1. The van der Waals surface area contributed by atoms with Crippen molar-refractivity contribution in [1.29, 1.82) is 0 Å². The molecule has 2 unspecified atom stereocenters. The highest BCUT2D eigenvalue weighted by molar-refractivity contribution is 5.96. The molecule has 104 valence electrons. The largest absolute Gasteiger partial charge is 0.494 e. The number of hydrogen-bond acceptors (Lipinski definition) is 3. The number of nitrogens with one attached hydrogen (secondary N) is 2. The zero-order chi connectivity index (χ0) is 13.8. The third-order valence-corrected chi connectivity index (χ3v) is 3.40. The van der Waals surface area contributed by atoms with Gasteiger partial charge in [0, 0.05) is 6.07 Å². The first kappa shape index (κ1) is 13.8. The van der Waals surface area contributed by atoms with Crippen molar-refractivity contribution in [3.05, 3.63) is 24.0 Å². The summed E-state index contributed by atoms with van der Waals surface area (Å²) in [7, 11) is 1.45. The molecule has 1 saturated heterocycles. The second-order valence-electron chi connectivity index (χ2n) is 4.97. The Hall–Kier alpha value is -1.62. The van der Waals surface area contributed by atoms with Crippen molar-refractivity contribution in [2.45, 2.75) is 25.8 Å². The molecular formula is C14H19FN2O2. The van der Waals surface area contributed by atoms with Crippen LogP contribution in [0.5, 0.6) is 5.75 Å². The topological polar surface area (TPSA) is 50.4 Å². The van der Waals surface area contributed by atoms with Crippen LogP contribution in [0.25, 0.3) is 0 Å². The fourth-order valence-electron chi connectivity index (χ4n) is 2.30. The molecule has 1 aromatic carbocycles. The SMILES string of the molecule is COc1cc(F)ccc1NC(=O)C1CC(C)CCN1. The number of hydrogen-bond donors (Lipinski definition) is 2. The van der Waals surface area contributed by atoms with Crippen LogP contribution in [0, 0.1) is 11.7 Å². The van der Waals surface area contributed by atoms with E-state index in [1.165, 1.54) is 25.3 Å². The van der Waals surface area contributed by atoms with Gasteiger partial charge in [-0.1, -0.05) is 6.92 Å². The van der Waals surface area contributed by atoms with Crippen molar-refractivity contribution in [1.82, 2.24) is 5.32 Å². The van der Waals surface area contributed by atoms with Gasteiger partial charge in [0.25, 0.3) is 0 Å². The molecule has 2 N–H and O–H groups in total. The van der Waals surface area contributed by atoms with Gasteiger partial charge in [0.2, 0.25) is 5.91 Å². The fraction of sp³-hybridized carbons (Fsp3) is 0.500. The van der Waals surface area contributed by atoms with Crippen LogP contribution in [-0.4, -0.2) is 25.6 Å². The molecule has 0 aliphatic carbocycles. The van der Waals surface area contributed by atoms with Crippen molar-refractivity contribution in [3.8, 4) is 5.75 Å². The van der Waals surface area contributed by atoms with E-state index < -0.39 is 0 Å². The van der Waals surface area contributed by atoms with Gasteiger partial charge in [-0.25, -0.2) is 4.39 Å². The quantitative estimate of drug-likeness (QED) is 0.881. The number of carbonyl (C=O) groups is 1. The number of piperidine rings is 1. The lowest BCUT2D eigenvalue weighted by molar-refractivity contribution is -0.119. The second-order valence-corrected chi connectivity index (χ2v) is 4.97. The summed E-state index contributed by atoms with van der Waals surface area (Å²) >= 11 is 0. The number of halogens is 1. The predicted octanol–water partition coefficient (Wildman–Crippen LogP) is 2.16. The minimum absolute atomic E-state index is 0.101. The molecule has 2 atom stereocenters. The van der Waals surface area contributed by atoms with Crippen LogP contribution in [0.2, 0.25) is 0 Å². The zero-order valence-electron chi connectivity index (χ0n) is 11.2. The number of anilines is 1. The van der Waals surface area contributed by atoms with E-state index >= 15 is 0 Å². The molecule has 5 heteroatoms. The summed E-state index contributed by atoms with van der Waals surface area (Å²) in [5.74, 6) is 0.375. The summed E-state index contributed by atoms with van der Waals surface area (Å²) in [6, 6.07) is 3.87. The minimum atomic E-state index is -0.390. The first-order valence-electron chi connectivity index (χ1n) is 6.48. The van der Waals surface area contributed by atoms with Gasteiger partial charge in [-0.3, -0.25) is 4.79 Å². The van der Waals surface area contributed by atoms with Crippen LogP contribution in [0.3, 0.4) is 0 Å². The maximum absolute atomic E-state index is 13.1. The van der Waals surface area contributed by atoms with Crippen LogP contribution >= 0.6 is 0 Å². The van der Waals surface area contributed by atoms with Gasteiger partial charge < -0.3 is 15.4 Å². The van der Waals surface area contributed by atoms with Gasteiger partial charge in [-0.05, 0) is 37.4 Å². The molecule has 1 aliphatic rings. The molecule has 1 aromatic rings. The van der Waals surface area contributed by atoms with E-state index in [9.17, 15) is 9.18 Å². The monoisotopic (exact) mass is 266 g/mol. The van der Waals surface area contributed by atoms with Gasteiger partial charge in [0.05, 0.1) is 18.8 Å². The van der Waals surface area contributed by atoms with Crippen LogP contribution in [-0.2, 0) is 4.79 Å². The Bertz CT molecular complexity index is 465. The summed E-state index contributed by atoms with van der Waals surface area (Å²) in [4.78, 5) is 12.1. The van der Waals surface area contributed by atoms with Gasteiger partial charge >= 0.3 is 0 Å². The molecule has 4 nitrogen and oxygen atoms in total. The molecule has 0 radical (unpaired) electrons. The maximum Gasteiger partial charge on any atom is 0.241 e. The molecule has 0 aromatic heterocycles. The molecule has 1 amide bonds. The molecule has 2 rings (SSSR count). The van der Waals surface area contributed by atoms with Gasteiger partial charge in [-0.15, -0.1) is 0 Å². The lowest BCUT2D eigenvalue weighted by atomic mass is 9.94. The Labute approximate surface area is 112 Å². The minimum Gasteiger partial charge on any atom is -0.494 e. The number of methoxy groups -OCH3 is 1. The normalized spacial score (nSPS) is 22.9. The maximum atomic E-state index is 13.1. The smallest absolute Gasteiger partial charge is 0.241 e. The lowest BCUT2D eigenvalue weighted by Gasteiger charge is -2.27. The summed E-state index contributed by atoms with van der Waals surface area (Å²) < 4.78 is 18.1. The number of ether oxygens (including phenoxy) is 1. The Kier molecular flexibility index (Phi) is 4.37. The van der Waals surface area contributed by atoms with E-state index in [1.807, 2.05) is 0 Å². The highest BCUT2D eigenvalue weighted by Gasteiger charge is 2.25. The molecule has 1 aliphatic heterocycles. The highest BCUT2D eigenvalue weighted by atomic mass is 19.1. The van der Waals surface area contributed by atoms with Gasteiger partial charge in [0.1, 0.15) is 11.6 Å². The van der Waals surface area contributed by atoms with E-state index in [0.29, 0.717) is 17.4 Å². The Morgan fingerprint density at radius 1 is 1.53 bits per heavy atom. The number of carbonyl (C=O) groups excluding carboxylic acids is 1. The van der Waals surface area contributed by atoms with Crippen molar-refractivity contribution in [2.75, 3.05) is 19.0 Å². The summed E-state index contributed by atoms with van der Waals surface area (Å²) in [5, 5.41) is 5.98. The summed E-state index contributed by atoms with van der Waals surface area (Å²) in [6.45, 7) is 2.99. The number of amides is 1. The second kappa shape index (κ2) is 6.02. The van der Waals surface area contributed by atoms with Gasteiger partial charge in [0.15, 0.2) is 0 Å². The van der Waals surface area contributed by atoms with E-state index in [0.717, 1.165) is 19.4 Å². The average Bonchev–Trinajstić information content (AvgIpc) is 2.40. The average molecular weight is 266 g/mol. The van der Waals surface area contributed by atoms with Crippen LogP contribution in [0.4, 0.5) is 10.1 Å². The molecule has 19 heavy (non-hydrogen) atoms. The van der Waals surface area contributed by atoms with E-state index in [2.05, 4.69) is 17.6 Å². The van der Waals surface area contributed by atoms with Crippen LogP contribution < -0.4 is 15.4 Å². The molecular weight excluding hydrogens is 247 g/mol. The van der Waals surface area contributed by atoms with E-state index in [1.54, 1.807) is 0 Å². The third-order valence-electron chi connectivity index (χ3n) is 3.40. The lowest BCUT2D eigenvalue weighted by Crippen LogP contribution is -2.45. The first-order valence-corrected chi connectivity index (χ1v) is 6.48. The summed E-state index contributed by atoms with van der Waals surface area (Å²) in [6.07, 6.45) is 1.90. The zero-order valence-corrected chi connectivity index (χ0v) is 11.2. The highest BCUT2D eigenvalue weighted by Crippen LogP contribution is 2.25. The first-order chi connectivity index (χ1) is 9.10. The Morgan fingerprint density at radius 3 is 3.00 bits per heavy atom. The molecule has 1 heterocycles. The van der Waals surface area contributed by atoms with Gasteiger partial charge in [-0.2, -0.15) is 0 Å². The van der Waals surface area contributed by atoms with Crippen molar-refractivity contribution < 1.29 is 13.9 Å². The Morgan fingerprint density at radius 2 is 2.32 bits per heavy atom. The molecule has 1 fully saturated rings. The van der Waals surface area contributed by atoms with E-state index in [-0.39, 0.29) is 17.8 Å². The number of rotatable bonds is 3. The van der Waals surface area contributed by atoms with Crippen molar-refractivity contribution >= 4 is 11.6 Å². The van der Waals surface area contributed by atoms with Crippen LogP contribution in [0.15, 0.2) is 18.2 Å². The standard InChI is InChI=1S/C14H19FN2O2/c1-9-5-6-16-12(7-9)14(18)17-11-4-3-10(15)8-13(11)19-2/h3-4,8-9,12,16H,5-7H2,1-2H3,(H,17,18). The predicted molar refractivity (Wildman–Crippen MR) is 71.8 cm³/mol. The fourth-order valence-corrected chi connectivity index (χ4v) is 2.30. The molecule has 0 spiro atoms. The summed E-state index contributed by atoms with van der Waals surface area (Å²) in [5.41, 5.74) is 0.494. The van der Waals surface area contributed by atoms with E-state index in [4.69, 9.17) is 4.74 Å². The Balaban J connectivity index is 2.06. The molecule has 0 saturated carbocycles. The van der Waals surface area contributed by atoms with Crippen LogP contribution in [0.1, 0.15) is 19.8 Å². The van der Waals surface area contributed by atoms with Crippen molar-refractivity contribution in [2.24, 2.45) is 5.92 Å². The van der Waals surface area contributed by atoms with Crippen molar-refractivity contribution in [3.63, 3.8) is 0 Å². The third kappa shape index (κ3) is 3.44. The molecule has 0 bridgehead atoms.